The molecule has 1 saturated heterocycles. The van der Waals surface area contributed by atoms with Crippen LogP contribution < -0.4 is 10.6 Å². The third kappa shape index (κ3) is 4.91. The van der Waals surface area contributed by atoms with Crippen LogP contribution in [0.1, 0.15) is 31.2 Å². The van der Waals surface area contributed by atoms with E-state index < -0.39 is 0 Å². The molecule has 1 unspecified atom stereocenters. The molecule has 4 nitrogen and oxygen atoms in total. The second-order valence-electron chi connectivity index (χ2n) is 5.07. The summed E-state index contributed by atoms with van der Waals surface area (Å²) in [6.45, 7) is 3.54. The third-order valence-electron chi connectivity index (χ3n) is 3.38. The molecule has 19 heavy (non-hydrogen) atoms. The van der Waals surface area contributed by atoms with E-state index >= 15 is 0 Å². The van der Waals surface area contributed by atoms with Crippen molar-refractivity contribution in [3.8, 4) is 0 Å². The summed E-state index contributed by atoms with van der Waals surface area (Å²) in [7, 11) is 0. The number of ether oxygens (including phenoxy) is 1. The SMILES string of the molecule is Cc1cccc(NC(=O)OCCC2CCCCN2)c1. The van der Waals surface area contributed by atoms with Crippen molar-refractivity contribution in [2.24, 2.45) is 0 Å². The quantitative estimate of drug-likeness (QED) is 0.876. The van der Waals surface area contributed by atoms with Gasteiger partial charge in [0, 0.05) is 11.7 Å². The lowest BCUT2D eigenvalue weighted by Gasteiger charge is -2.23. The molecule has 0 spiro atoms. The van der Waals surface area contributed by atoms with Crippen LogP contribution in [-0.2, 0) is 4.74 Å². The number of benzene rings is 1. The maximum absolute atomic E-state index is 11.6. The molecule has 0 radical (unpaired) electrons. The van der Waals surface area contributed by atoms with Crippen LogP contribution >= 0.6 is 0 Å². The highest BCUT2D eigenvalue weighted by molar-refractivity contribution is 5.84. The largest absolute Gasteiger partial charge is 0.449 e. The van der Waals surface area contributed by atoms with Crippen LogP contribution in [0.3, 0.4) is 0 Å². The first-order valence-corrected chi connectivity index (χ1v) is 6.98. The van der Waals surface area contributed by atoms with Gasteiger partial charge in [-0.05, 0) is 50.4 Å². The standard InChI is InChI=1S/C15H22N2O2/c1-12-5-4-7-14(11-12)17-15(18)19-10-8-13-6-2-3-9-16-13/h4-5,7,11,13,16H,2-3,6,8-10H2,1H3,(H,17,18). The van der Waals surface area contributed by atoms with Gasteiger partial charge in [-0.3, -0.25) is 5.32 Å². The predicted octanol–water partition coefficient (Wildman–Crippen LogP) is 3.08. The molecule has 4 heteroatoms. The van der Waals surface area contributed by atoms with Crippen molar-refractivity contribution < 1.29 is 9.53 Å². The maximum atomic E-state index is 11.6. The zero-order valence-corrected chi connectivity index (χ0v) is 11.4. The number of hydrogen-bond donors (Lipinski definition) is 2. The van der Waals surface area contributed by atoms with Gasteiger partial charge in [0.05, 0.1) is 6.61 Å². The lowest BCUT2D eigenvalue weighted by molar-refractivity contribution is 0.153. The minimum Gasteiger partial charge on any atom is -0.449 e. The highest BCUT2D eigenvalue weighted by atomic mass is 16.5. The molecular weight excluding hydrogens is 240 g/mol. The van der Waals surface area contributed by atoms with Crippen LogP contribution in [0.5, 0.6) is 0 Å². The Morgan fingerprint density at radius 2 is 2.37 bits per heavy atom. The van der Waals surface area contributed by atoms with Gasteiger partial charge < -0.3 is 10.1 Å². The van der Waals surface area contributed by atoms with Crippen LogP contribution in [0.4, 0.5) is 10.5 Å². The molecule has 1 heterocycles. The van der Waals surface area contributed by atoms with Crippen molar-refractivity contribution in [3.63, 3.8) is 0 Å². The number of rotatable bonds is 4. The van der Waals surface area contributed by atoms with Gasteiger partial charge in [-0.2, -0.15) is 0 Å². The Balaban J connectivity index is 1.67. The van der Waals surface area contributed by atoms with E-state index in [0.717, 1.165) is 24.2 Å². The summed E-state index contributed by atoms with van der Waals surface area (Å²) in [6, 6.07) is 8.18. The summed E-state index contributed by atoms with van der Waals surface area (Å²) in [6.07, 6.45) is 4.23. The van der Waals surface area contributed by atoms with Gasteiger partial charge in [0.15, 0.2) is 0 Å². The number of piperidine rings is 1. The fourth-order valence-electron chi connectivity index (χ4n) is 2.34. The molecule has 104 valence electrons. The van der Waals surface area contributed by atoms with Gasteiger partial charge in [-0.15, -0.1) is 0 Å². The molecule has 2 N–H and O–H groups in total. The Morgan fingerprint density at radius 3 is 3.11 bits per heavy atom. The van der Waals surface area contributed by atoms with Crippen molar-refractivity contribution in [2.45, 2.75) is 38.6 Å². The van der Waals surface area contributed by atoms with E-state index in [1.807, 2.05) is 31.2 Å². The van der Waals surface area contributed by atoms with E-state index in [9.17, 15) is 4.79 Å². The van der Waals surface area contributed by atoms with Gasteiger partial charge in [0.25, 0.3) is 0 Å². The number of hydrogen-bond acceptors (Lipinski definition) is 3. The summed E-state index contributed by atoms with van der Waals surface area (Å²) in [4.78, 5) is 11.6. The Morgan fingerprint density at radius 1 is 1.47 bits per heavy atom. The zero-order valence-electron chi connectivity index (χ0n) is 11.4. The number of anilines is 1. The molecule has 0 saturated carbocycles. The Labute approximate surface area is 114 Å². The van der Waals surface area contributed by atoms with E-state index in [-0.39, 0.29) is 6.09 Å². The van der Waals surface area contributed by atoms with Crippen LogP contribution in [0.25, 0.3) is 0 Å². The van der Waals surface area contributed by atoms with Crippen LogP contribution in [0.2, 0.25) is 0 Å². The number of aryl methyl sites for hydroxylation is 1. The lowest BCUT2D eigenvalue weighted by Crippen LogP contribution is -2.35. The molecular formula is C15H22N2O2. The van der Waals surface area contributed by atoms with E-state index in [0.29, 0.717) is 12.6 Å². The second kappa shape index (κ2) is 7.14. The summed E-state index contributed by atoms with van der Waals surface area (Å²) in [5, 5.41) is 6.18. The Hall–Kier alpha value is -1.55. The van der Waals surface area contributed by atoms with Gasteiger partial charge in [0.1, 0.15) is 0 Å². The predicted molar refractivity (Wildman–Crippen MR) is 76.4 cm³/mol. The third-order valence-corrected chi connectivity index (χ3v) is 3.38. The van der Waals surface area contributed by atoms with Crippen molar-refractivity contribution in [2.75, 3.05) is 18.5 Å². The van der Waals surface area contributed by atoms with E-state index in [1.54, 1.807) is 0 Å². The monoisotopic (exact) mass is 262 g/mol. The fraction of sp³-hybridized carbons (Fsp3) is 0.533. The van der Waals surface area contributed by atoms with Gasteiger partial charge >= 0.3 is 6.09 Å². The highest BCUT2D eigenvalue weighted by Gasteiger charge is 2.13. The summed E-state index contributed by atoms with van der Waals surface area (Å²) in [5.74, 6) is 0. The van der Waals surface area contributed by atoms with Crippen molar-refractivity contribution >= 4 is 11.8 Å². The molecule has 0 aliphatic carbocycles. The molecule has 1 amide bonds. The average molecular weight is 262 g/mol. The first-order chi connectivity index (χ1) is 9.24. The number of amides is 1. The maximum Gasteiger partial charge on any atom is 0.411 e. The molecule has 1 fully saturated rings. The molecule has 1 aromatic carbocycles. The number of carbonyl (C=O) groups is 1. The normalized spacial score (nSPS) is 18.9. The zero-order chi connectivity index (χ0) is 13.5. The number of carbonyl (C=O) groups excluding carboxylic acids is 1. The summed E-state index contributed by atoms with van der Waals surface area (Å²) < 4.78 is 5.20. The minimum atomic E-state index is -0.374. The number of nitrogens with one attached hydrogen (secondary N) is 2. The van der Waals surface area contributed by atoms with E-state index in [4.69, 9.17) is 4.74 Å². The lowest BCUT2D eigenvalue weighted by atomic mass is 10.0. The van der Waals surface area contributed by atoms with Crippen LogP contribution in [0.15, 0.2) is 24.3 Å². The van der Waals surface area contributed by atoms with Crippen molar-refractivity contribution in [1.82, 2.24) is 5.32 Å². The van der Waals surface area contributed by atoms with Crippen LogP contribution in [0, 0.1) is 6.92 Å². The van der Waals surface area contributed by atoms with Crippen LogP contribution in [-0.4, -0.2) is 25.3 Å². The smallest absolute Gasteiger partial charge is 0.411 e. The Bertz CT molecular complexity index is 414. The van der Waals surface area contributed by atoms with Gasteiger partial charge in [0.2, 0.25) is 0 Å². The van der Waals surface area contributed by atoms with Gasteiger partial charge in [-0.25, -0.2) is 4.79 Å². The Kier molecular flexibility index (Phi) is 5.21. The average Bonchev–Trinajstić information content (AvgIpc) is 2.40. The molecule has 1 aliphatic heterocycles. The van der Waals surface area contributed by atoms with Crippen molar-refractivity contribution in [1.29, 1.82) is 0 Å². The first-order valence-electron chi connectivity index (χ1n) is 6.98. The van der Waals surface area contributed by atoms with E-state index in [2.05, 4.69) is 10.6 Å². The minimum absolute atomic E-state index is 0.374. The summed E-state index contributed by atoms with van der Waals surface area (Å²) >= 11 is 0. The van der Waals surface area contributed by atoms with Gasteiger partial charge in [-0.1, -0.05) is 18.6 Å². The second-order valence-corrected chi connectivity index (χ2v) is 5.07. The first kappa shape index (κ1) is 13.9. The molecule has 0 aromatic heterocycles. The summed E-state index contributed by atoms with van der Waals surface area (Å²) in [5.41, 5.74) is 1.89. The topological polar surface area (TPSA) is 50.4 Å². The molecule has 2 rings (SSSR count). The molecule has 0 bridgehead atoms. The highest BCUT2D eigenvalue weighted by Crippen LogP contribution is 2.11. The van der Waals surface area contributed by atoms with Crippen molar-refractivity contribution in [3.05, 3.63) is 29.8 Å². The molecule has 1 atom stereocenters. The fourth-order valence-corrected chi connectivity index (χ4v) is 2.34. The molecule has 1 aliphatic rings. The molecule has 1 aromatic rings. The van der Waals surface area contributed by atoms with E-state index in [1.165, 1.54) is 19.3 Å².